The zero-order valence-corrected chi connectivity index (χ0v) is 16.4. The molecule has 0 unspecified atom stereocenters. The van der Waals surface area contributed by atoms with Gasteiger partial charge in [0.05, 0.1) is 16.1 Å². The molecule has 1 aromatic heterocycles. The summed E-state index contributed by atoms with van der Waals surface area (Å²) >= 11 is 1.85. The Bertz CT molecular complexity index is 949. The van der Waals surface area contributed by atoms with Crippen LogP contribution < -0.4 is 4.90 Å². The Labute approximate surface area is 165 Å². The third-order valence-electron chi connectivity index (χ3n) is 5.61. The van der Waals surface area contributed by atoms with Crippen LogP contribution in [0.4, 0.5) is 11.5 Å². The van der Waals surface area contributed by atoms with E-state index in [0.717, 1.165) is 17.9 Å². The molecule has 1 fully saturated rings. The Morgan fingerprint density at radius 3 is 2.59 bits per heavy atom. The summed E-state index contributed by atoms with van der Waals surface area (Å²) in [5, 5.41) is 1.22. The highest BCUT2D eigenvalue weighted by molar-refractivity contribution is 7.99. The number of likely N-dealkylation sites (tertiary alicyclic amines) is 1. The minimum absolute atomic E-state index is 1.02. The Hall–Kier alpha value is -2.04. The molecule has 0 atom stereocenters. The lowest BCUT2D eigenvalue weighted by Gasteiger charge is -2.33. The highest BCUT2D eigenvalue weighted by Gasteiger charge is 2.25. The highest BCUT2D eigenvalue weighted by atomic mass is 32.2. The molecule has 138 valence electrons. The van der Waals surface area contributed by atoms with Crippen molar-refractivity contribution in [2.75, 3.05) is 31.1 Å². The molecule has 0 N–H and O–H groups in total. The van der Waals surface area contributed by atoms with Crippen LogP contribution in [0.25, 0.3) is 10.9 Å². The Kier molecular flexibility index (Phi) is 4.76. The van der Waals surface area contributed by atoms with Gasteiger partial charge in [0.15, 0.2) is 0 Å². The summed E-state index contributed by atoms with van der Waals surface area (Å²) in [7, 11) is 0. The summed E-state index contributed by atoms with van der Waals surface area (Å²) < 4.78 is 0. The van der Waals surface area contributed by atoms with Crippen LogP contribution in [0, 0.1) is 0 Å². The van der Waals surface area contributed by atoms with Gasteiger partial charge < -0.3 is 9.80 Å². The van der Waals surface area contributed by atoms with Gasteiger partial charge in [-0.25, -0.2) is 4.98 Å². The molecule has 4 heteroatoms. The third kappa shape index (κ3) is 3.44. The molecule has 2 aliphatic rings. The van der Waals surface area contributed by atoms with Crippen LogP contribution in [0.3, 0.4) is 0 Å². The van der Waals surface area contributed by atoms with Gasteiger partial charge in [-0.1, -0.05) is 48.5 Å². The lowest BCUT2D eigenvalue weighted by Crippen LogP contribution is -2.33. The van der Waals surface area contributed by atoms with E-state index in [1.54, 1.807) is 0 Å². The second-order valence-corrected chi connectivity index (χ2v) is 8.56. The second-order valence-electron chi connectivity index (χ2n) is 7.48. The molecule has 0 amide bonds. The standard InChI is InChI=1S/C23H25N3S/c1-6-13-25(14-7-1)15-8-16-26-20-11-4-5-12-21(20)27-22-17-18-9-2-3-10-19(18)24-23(22)26/h2-5,9-12,17H,1,6-8,13-16H2. The molecule has 0 bridgehead atoms. The van der Waals surface area contributed by atoms with Crippen molar-refractivity contribution in [2.45, 2.75) is 35.5 Å². The Balaban J connectivity index is 1.45. The van der Waals surface area contributed by atoms with Crippen LogP contribution in [0.5, 0.6) is 0 Å². The molecule has 2 aromatic carbocycles. The predicted octanol–water partition coefficient (Wildman–Crippen LogP) is 5.71. The molecular formula is C23H25N3S. The van der Waals surface area contributed by atoms with E-state index in [1.807, 2.05) is 11.8 Å². The average molecular weight is 376 g/mol. The fraction of sp³-hybridized carbons (Fsp3) is 0.348. The highest BCUT2D eigenvalue weighted by Crippen LogP contribution is 2.47. The van der Waals surface area contributed by atoms with Crippen molar-refractivity contribution in [3.63, 3.8) is 0 Å². The van der Waals surface area contributed by atoms with Crippen LogP contribution >= 0.6 is 11.8 Å². The van der Waals surface area contributed by atoms with Crippen LogP contribution in [-0.4, -0.2) is 36.1 Å². The molecule has 0 spiro atoms. The number of pyridine rings is 1. The van der Waals surface area contributed by atoms with Crippen LogP contribution in [0.1, 0.15) is 25.7 Å². The average Bonchev–Trinajstić information content (AvgIpc) is 2.72. The molecule has 3 heterocycles. The molecule has 27 heavy (non-hydrogen) atoms. The van der Waals surface area contributed by atoms with Crippen molar-refractivity contribution in [1.29, 1.82) is 0 Å². The van der Waals surface area contributed by atoms with E-state index in [1.165, 1.54) is 66.2 Å². The van der Waals surface area contributed by atoms with Crippen molar-refractivity contribution in [1.82, 2.24) is 9.88 Å². The first-order valence-corrected chi connectivity index (χ1v) is 10.9. The molecule has 1 saturated heterocycles. The van der Waals surface area contributed by atoms with Gasteiger partial charge in [-0.3, -0.25) is 0 Å². The van der Waals surface area contributed by atoms with Crippen LogP contribution in [0.15, 0.2) is 64.4 Å². The fourth-order valence-corrected chi connectivity index (χ4v) is 5.32. The van der Waals surface area contributed by atoms with Crippen LogP contribution in [-0.2, 0) is 0 Å². The largest absolute Gasteiger partial charge is 0.324 e. The van der Waals surface area contributed by atoms with Gasteiger partial charge >= 0.3 is 0 Å². The van der Waals surface area contributed by atoms with Crippen molar-refractivity contribution >= 4 is 34.2 Å². The van der Waals surface area contributed by atoms with E-state index < -0.39 is 0 Å². The number of fused-ring (bicyclic) bond motifs is 3. The number of aromatic nitrogens is 1. The van der Waals surface area contributed by atoms with Crippen molar-refractivity contribution in [3.8, 4) is 0 Å². The molecular weight excluding hydrogens is 350 g/mol. The van der Waals surface area contributed by atoms with E-state index in [4.69, 9.17) is 4.98 Å². The Morgan fingerprint density at radius 2 is 1.67 bits per heavy atom. The summed E-state index contributed by atoms with van der Waals surface area (Å²) in [4.78, 5) is 12.7. The van der Waals surface area contributed by atoms with E-state index in [2.05, 4.69) is 64.4 Å². The van der Waals surface area contributed by atoms with E-state index in [-0.39, 0.29) is 0 Å². The minimum atomic E-state index is 1.02. The summed E-state index contributed by atoms with van der Waals surface area (Å²) in [6.07, 6.45) is 5.30. The van der Waals surface area contributed by atoms with Gasteiger partial charge in [-0.05, 0) is 63.2 Å². The van der Waals surface area contributed by atoms with Gasteiger partial charge in [0.1, 0.15) is 5.82 Å². The number of hydrogen-bond acceptors (Lipinski definition) is 4. The molecule has 0 aliphatic carbocycles. The van der Waals surface area contributed by atoms with Gasteiger partial charge in [-0.2, -0.15) is 0 Å². The zero-order valence-electron chi connectivity index (χ0n) is 15.6. The number of hydrogen-bond donors (Lipinski definition) is 0. The molecule has 3 nitrogen and oxygen atoms in total. The first-order valence-electron chi connectivity index (χ1n) is 10.0. The maximum Gasteiger partial charge on any atom is 0.147 e. The predicted molar refractivity (Wildman–Crippen MR) is 114 cm³/mol. The first kappa shape index (κ1) is 17.1. The number of anilines is 2. The number of nitrogens with zero attached hydrogens (tertiary/aromatic N) is 3. The van der Waals surface area contributed by atoms with Crippen LogP contribution in [0.2, 0.25) is 0 Å². The summed E-state index contributed by atoms with van der Waals surface area (Å²) in [6.45, 7) is 4.75. The maximum absolute atomic E-state index is 5.05. The van der Waals surface area contributed by atoms with Gasteiger partial charge in [-0.15, -0.1) is 0 Å². The van der Waals surface area contributed by atoms with E-state index in [9.17, 15) is 0 Å². The van der Waals surface area contributed by atoms with Gasteiger partial charge in [0.25, 0.3) is 0 Å². The summed E-state index contributed by atoms with van der Waals surface area (Å²) in [6, 6.07) is 19.5. The van der Waals surface area contributed by atoms with E-state index in [0.29, 0.717) is 0 Å². The van der Waals surface area contributed by atoms with Crippen molar-refractivity contribution < 1.29 is 0 Å². The molecule has 0 saturated carbocycles. The second kappa shape index (κ2) is 7.53. The van der Waals surface area contributed by atoms with Crippen molar-refractivity contribution in [2.24, 2.45) is 0 Å². The quantitative estimate of drug-likeness (QED) is 0.581. The van der Waals surface area contributed by atoms with Gasteiger partial charge in [0, 0.05) is 16.8 Å². The number of piperidine rings is 1. The monoisotopic (exact) mass is 375 g/mol. The lowest BCUT2D eigenvalue weighted by atomic mass is 10.1. The first-order chi connectivity index (χ1) is 13.4. The number of rotatable bonds is 4. The van der Waals surface area contributed by atoms with Gasteiger partial charge in [0.2, 0.25) is 0 Å². The normalized spacial score (nSPS) is 17.0. The molecule has 3 aromatic rings. The third-order valence-corrected chi connectivity index (χ3v) is 6.69. The zero-order chi connectivity index (χ0) is 18.1. The minimum Gasteiger partial charge on any atom is -0.324 e. The smallest absolute Gasteiger partial charge is 0.147 e. The Morgan fingerprint density at radius 1 is 0.852 bits per heavy atom. The fourth-order valence-electron chi connectivity index (χ4n) is 4.22. The molecule has 0 radical (unpaired) electrons. The summed E-state index contributed by atoms with van der Waals surface area (Å²) in [5.41, 5.74) is 2.38. The topological polar surface area (TPSA) is 19.4 Å². The summed E-state index contributed by atoms with van der Waals surface area (Å²) in [5.74, 6) is 1.12. The van der Waals surface area contributed by atoms with Crippen molar-refractivity contribution in [3.05, 3.63) is 54.6 Å². The maximum atomic E-state index is 5.05. The number of para-hydroxylation sites is 2. The molecule has 2 aliphatic heterocycles. The number of benzene rings is 2. The van der Waals surface area contributed by atoms with E-state index >= 15 is 0 Å². The SMILES string of the molecule is c1ccc2c(c1)Sc1cc3ccccc3nc1N2CCCN1CCCCC1. The lowest BCUT2D eigenvalue weighted by molar-refractivity contribution is 0.227. The molecule has 5 rings (SSSR count).